The fourth-order valence-corrected chi connectivity index (χ4v) is 3.37. The number of carbonyl (C=O) groups excluding carboxylic acids is 2. The Morgan fingerprint density at radius 1 is 1.04 bits per heavy atom. The zero-order chi connectivity index (χ0) is 18.2. The maximum absolute atomic E-state index is 12.1. The van der Waals surface area contributed by atoms with Crippen LogP contribution in [0.5, 0.6) is 0 Å². The Morgan fingerprint density at radius 3 is 2.62 bits per heavy atom. The first-order chi connectivity index (χ1) is 12.7. The lowest BCUT2D eigenvalue weighted by molar-refractivity contribution is -0.113. The third-order valence-electron chi connectivity index (χ3n) is 4.15. The van der Waals surface area contributed by atoms with Gasteiger partial charge in [-0.2, -0.15) is 11.8 Å². The molecule has 5 heteroatoms. The normalized spacial score (nSPS) is 13.2. The highest BCUT2D eigenvalue weighted by Gasteiger charge is 2.23. The molecule has 136 valence electrons. The van der Waals surface area contributed by atoms with Crippen molar-refractivity contribution in [2.45, 2.75) is 31.7 Å². The lowest BCUT2D eigenvalue weighted by Gasteiger charge is -2.08. The monoisotopic (exact) mass is 368 g/mol. The van der Waals surface area contributed by atoms with E-state index in [0.29, 0.717) is 23.0 Å². The van der Waals surface area contributed by atoms with E-state index in [1.807, 2.05) is 12.1 Å². The summed E-state index contributed by atoms with van der Waals surface area (Å²) in [5, 5.41) is 5.83. The average molecular weight is 369 g/mol. The van der Waals surface area contributed by atoms with Crippen LogP contribution in [0.1, 0.15) is 35.2 Å². The molecule has 1 aliphatic carbocycles. The number of rotatable bonds is 9. The largest absolute Gasteiger partial charge is 0.349 e. The van der Waals surface area contributed by atoms with Crippen LogP contribution in [0.2, 0.25) is 0 Å². The Kier molecular flexibility index (Phi) is 6.72. The van der Waals surface area contributed by atoms with Crippen LogP contribution in [0.25, 0.3) is 0 Å². The van der Waals surface area contributed by atoms with Gasteiger partial charge in [0.25, 0.3) is 5.91 Å². The van der Waals surface area contributed by atoms with E-state index in [4.69, 9.17) is 0 Å². The molecule has 0 unspecified atom stereocenters. The molecule has 0 aliphatic heterocycles. The summed E-state index contributed by atoms with van der Waals surface area (Å²) < 4.78 is 0. The summed E-state index contributed by atoms with van der Waals surface area (Å²) >= 11 is 1.64. The number of aryl methyl sites for hydroxylation is 1. The van der Waals surface area contributed by atoms with Crippen LogP contribution in [-0.2, 0) is 11.2 Å². The SMILES string of the molecule is O=C(CSCCCc1ccccc1)Nc1cccc(C(=O)NC2CC2)c1. The molecule has 2 amide bonds. The minimum atomic E-state index is -0.0705. The Balaban J connectivity index is 1.37. The summed E-state index contributed by atoms with van der Waals surface area (Å²) in [5.74, 6) is 1.27. The lowest BCUT2D eigenvalue weighted by Crippen LogP contribution is -2.25. The van der Waals surface area contributed by atoms with E-state index in [2.05, 4.69) is 34.9 Å². The van der Waals surface area contributed by atoms with Gasteiger partial charge >= 0.3 is 0 Å². The van der Waals surface area contributed by atoms with Gasteiger partial charge in [-0.1, -0.05) is 36.4 Å². The highest BCUT2D eigenvalue weighted by Crippen LogP contribution is 2.20. The van der Waals surface area contributed by atoms with Gasteiger partial charge in [0, 0.05) is 17.3 Å². The van der Waals surface area contributed by atoms with Gasteiger partial charge in [-0.25, -0.2) is 0 Å². The molecule has 2 aromatic carbocycles. The summed E-state index contributed by atoms with van der Waals surface area (Å²) in [4.78, 5) is 24.1. The topological polar surface area (TPSA) is 58.2 Å². The Morgan fingerprint density at radius 2 is 1.85 bits per heavy atom. The zero-order valence-electron chi connectivity index (χ0n) is 14.7. The van der Waals surface area contributed by atoms with Crippen LogP contribution < -0.4 is 10.6 Å². The van der Waals surface area contributed by atoms with Gasteiger partial charge in [0.15, 0.2) is 0 Å². The maximum Gasteiger partial charge on any atom is 0.251 e. The van der Waals surface area contributed by atoms with Crippen molar-refractivity contribution >= 4 is 29.3 Å². The van der Waals surface area contributed by atoms with Gasteiger partial charge in [-0.3, -0.25) is 9.59 Å². The fraction of sp³-hybridized carbons (Fsp3) is 0.333. The predicted molar refractivity (Wildman–Crippen MR) is 108 cm³/mol. The molecule has 1 aliphatic rings. The molecule has 3 rings (SSSR count). The van der Waals surface area contributed by atoms with E-state index in [9.17, 15) is 9.59 Å². The molecular weight excluding hydrogens is 344 g/mol. The fourth-order valence-electron chi connectivity index (χ4n) is 2.62. The molecular formula is C21H24N2O2S. The molecule has 0 radical (unpaired) electrons. The van der Waals surface area contributed by atoms with E-state index >= 15 is 0 Å². The van der Waals surface area contributed by atoms with Crippen LogP contribution in [-0.4, -0.2) is 29.4 Å². The van der Waals surface area contributed by atoms with Gasteiger partial charge in [-0.05, 0) is 55.2 Å². The molecule has 0 aromatic heterocycles. The van der Waals surface area contributed by atoms with E-state index in [1.165, 1.54) is 5.56 Å². The Bertz CT molecular complexity index is 745. The van der Waals surface area contributed by atoms with Gasteiger partial charge < -0.3 is 10.6 Å². The minimum absolute atomic E-state index is 0.0329. The number of benzene rings is 2. The van der Waals surface area contributed by atoms with Crippen LogP contribution in [0.3, 0.4) is 0 Å². The number of thioether (sulfide) groups is 1. The zero-order valence-corrected chi connectivity index (χ0v) is 15.6. The van der Waals surface area contributed by atoms with Crippen molar-refractivity contribution in [2.24, 2.45) is 0 Å². The van der Waals surface area contributed by atoms with E-state index in [-0.39, 0.29) is 11.8 Å². The number of amides is 2. The van der Waals surface area contributed by atoms with Crippen molar-refractivity contribution in [1.29, 1.82) is 0 Å². The number of carbonyl (C=O) groups is 2. The van der Waals surface area contributed by atoms with Crippen LogP contribution in [0.4, 0.5) is 5.69 Å². The first-order valence-corrected chi connectivity index (χ1v) is 10.2. The number of nitrogens with one attached hydrogen (secondary N) is 2. The third kappa shape index (κ3) is 6.23. The summed E-state index contributed by atoms with van der Waals surface area (Å²) in [6.07, 6.45) is 4.21. The third-order valence-corrected chi connectivity index (χ3v) is 5.19. The predicted octanol–water partition coefficient (Wildman–Crippen LogP) is 3.88. The van der Waals surface area contributed by atoms with Crippen LogP contribution >= 0.6 is 11.8 Å². The Hall–Kier alpha value is -2.27. The van der Waals surface area contributed by atoms with Gasteiger partial charge in [0.05, 0.1) is 5.75 Å². The molecule has 2 aromatic rings. The van der Waals surface area contributed by atoms with Crippen molar-refractivity contribution in [1.82, 2.24) is 5.32 Å². The molecule has 0 saturated heterocycles. The molecule has 0 spiro atoms. The first-order valence-electron chi connectivity index (χ1n) is 9.03. The second kappa shape index (κ2) is 9.43. The minimum Gasteiger partial charge on any atom is -0.349 e. The Labute approximate surface area is 158 Å². The second-order valence-electron chi connectivity index (χ2n) is 6.52. The molecule has 0 heterocycles. The van der Waals surface area contributed by atoms with Crippen molar-refractivity contribution in [3.05, 3.63) is 65.7 Å². The van der Waals surface area contributed by atoms with E-state index < -0.39 is 0 Å². The first kappa shape index (κ1) is 18.5. The standard InChI is InChI=1S/C21H24N2O2S/c24-20(15-26-13-5-8-16-6-2-1-3-7-16)22-19-10-4-9-17(14-19)21(25)23-18-11-12-18/h1-4,6-7,9-10,14,18H,5,8,11-13,15H2,(H,22,24)(H,23,25). The van der Waals surface area contributed by atoms with E-state index in [0.717, 1.165) is 31.4 Å². The van der Waals surface area contributed by atoms with Crippen LogP contribution in [0.15, 0.2) is 54.6 Å². The molecule has 26 heavy (non-hydrogen) atoms. The summed E-state index contributed by atoms with van der Waals surface area (Å²) in [7, 11) is 0. The average Bonchev–Trinajstić information content (AvgIpc) is 3.46. The van der Waals surface area contributed by atoms with Crippen molar-refractivity contribution in [3.8, 4) is 0 Å². The number of hydrogen-bond acceptors (Lipinski definition) is 3. The van der Waals surface area contributed by atoms with Gasteiger partial charge in [0.1, 0.15) is 0 Å². The molecule has 0 bridgehead atoms. The summed E-state index contributed by atoms with van der Waals surface area (Å²) in [5.41, 5.74) is 2.59. The summed E-state index contributed by atoms with van der Waals surface area (Å²) in [6, 6.07) is 17.8. The molecule has 2 N–H and O–H groups in total. The number of hydrogen-bond donors (Lipinski definition) is 2. The lowest BCUT2D eigenvalue weighted by atomic mass is 10.1. The quantitative estimate of drug-likeness (QED) is 0.660. The maximum atomic E-state index is 12.1. The summed E-state index contributed by atoms with van der Waals surface area (Å²) in [6.45, 7) is 0. The second-order valence-corrected chi connectivity index (χ2v) is 7.62. The van der Waals surface area contributed by atoms with Crippen LogP contribution in [0, 0.1) is 0 Å². The van der Waals surface area contributed by atoms with Crippen molar-refractivity contribution in [2.75, 3.05) is 16.8 Å². The van der Waals surface area contributed by atoms with Crippen molar-refractivity contribution in [3.63, 3.8) is 0 Å². The van der Waals surface area contributed by atoms with Gasteiger partial charge in [-0.15, -0.1) is 0 Å². The van der Waals surface area contributed by atoms with Crippen molar-refractivity contribution < 1.29 is 9.59 Å². The highest BCUT2D eigenvalue weighted by atomic mass is 32.2. The molecule has 1 fully saturated rings. The molecule has 1 saturated carbocycles. The van der Waals surface area contributed by atoms with Gasteiger partial charge in [0.2, 0.25) is 5.91 Å². The highest BCUT2D eigenvalue weighted by molar-refractivity contribution is 7.99. The molecule has 4 nitrogen and oxygen atoms in total. The molecule has 0 atom stereocenters. The number of anilines is 1. The van der Waals surface area contributed by atoms with E-state index in [1.54, 1.807) is 30.0 Å². The smallest absolute Gasteiger partial charge is 0.251 e.